The molecule has 1 saturated heterocycles. The highest BCUT2D eigenvalue weighted by molar-refractivity contribution is 5.94. The molecule has 1 aromatic rings. The third-order valence-electron chi connectivity index (χ3n) is 4.31. The first kappa shape index (κ1) is 17.5. The number of likely N-dealkylation sites (N-methyl/N-ethyl adjacent to an activating group) is 1. The molecule has 0 aliphatic carbocycles. The van der Waals surface area contributed by atoms with Gasteiger partial charge in [0.15, 0.2) is 0 Å². The van der Waals surface area contributed by atoms with E-state index in [0.717, 1.165) is 37.9 Å². The molecule has 0 unspecified atom stereocenters. The lowest BCUT2D eigenvalue weighted by atomic mass is 10.1. The molecule has 126 valence electrons. The molecule has 5 nitrogen and oxygen atoms in total. The highest BCUT2D eigenvalue weighted by Gasteiger charge is 2.30. The number of likely N-dealkylation sites (tertiary alicyclic amines) is 1. The lowest BCUT2D eigenvalue weighted by molar-refractivity contribution is -0.133. The fourth-order valence-electron chi connectivity index (χ4n) is 2.96. The van der Waals surface area contributed by atoms with E-state index in [1.165, 1.54) is 0 Å². The largest absolute Gasteiger partial charge is 0.352 e. The van der Waals surface area contributed by atoms with E-state index in [-0.39, 0.29) is 17.9 Å². The number of amides is 2. The van der Waals surface area contributed by atoms with Crippen LogP contribution in [0.4, 0.5) is 0 Å². The predicted octanol–water partition coefficient (Wildman–Crippen LogP) is 1.67. The van der Waals surface area contributed by atoms with E-state index in [9.17, 15) is 9.59 Å². The highest BCUT2D eigenvalue weighted by Crippen LogP contribution is 2.18. The molecule has 5 heteroatoms. The van der Waals surface area contributed by atoms with E-state index in [4.69, 9.17) is 0 Å². The van der Waals surface area contributed by atoms with Crippen molar-refractivity contribution in [3.05, 3.63) is 35.4 Å². The third kappa shape index (κ3) is 4.79. The average molecular weight is 317 g/mol. The van der Waals surface area contributed by atoms with Gasteiger partial charge in [-0.25, -0.2) is 0 Å². The number of carbonyl (C=O) groups is 2. The van der Waals surface area contributed by atoms with E-state index in [1.807, 2.05) is 31.2 Å². The lowest BCUT2D eigenvalue weighted by Crippen LogP contribution is -2.43. The Morgan fingerprint density at radius 1 is 1.26 bits per heavy atom. The summed E-state index contributed by atoms with van der Waals surface area (Å²) in [5, 5.41) is 2.95. The zero-order valence-corrected chi connectivity index (χ0v) is 14.3. The zero-order chi connectivity index (χ0) is 16.8. The number of benzene rings is 1. The summed E-state index contributed by atoms with van der Waals surface area (Å²) in [6.45, 7) is 4.45. The lowest BCUT2D eigenvalue weighted by Gasteiger charge is -2.26. The van der Waals surface area contributed by atoms with Gasteiger partial charge in [0.25, 0.3) is 5.91 Å². The molecule has 1 aliphatic rings. The second-order valence-corrected chi connectivity index (χ2v) is 6.40. The Bertz CT molecular complexity index is 540. The molecule has 0 spiro atoms. The zero-order valence-electron chi connectivity index (χ0n) is 14.3. The summed E-state index contributed by atoms with van der Waals surface area (Å²) >= 11 is 0. The van der Waals surface area contributed by atoms with Crippen molar-refractivity contribution in [2.45, 2.75) is 32.2 Å². The van der Waals surface area contributed by atoms with Gasteiger partial charge in [0.1, 0.15) is 0 Å². The van der Waals surface area contributed by atoms with E-state index >= 15 is 0 Å². The van der Waals surface area contributed by atoms with Gasteiger partial charge in [-0.15, -0.1) is 0 Å². The first-order valence-corrected chi connectivity index (χ1v) is 8.29. The van der Waals surface area contributed by atoms with Gasteiger partial charge in [0.05, 0.1) is 6.04 Å². The van der Waals surface area contributed by atoms with Gasteiger partial charge in [0, 0.05) is 32.7 Å². The Balaban J connectivity index is 1.73. The van der Waals surface area contributed by atoms with Crippen molar-refractivity contribution in [2.75, 3.05) is 33.7 Å². The van der Waals surface area contributed by atoms with Crippen molar-refractivity contribution in [2.24, 2.45) is 0 Å². The topological polar surface area (TPSA) is 52.7 Å². The van der Waals surface area contributed by atoms with Gasteiger partial charge in [-0.05, 0) is 44.9 Å². The number of rotatable bonds is 6. The number of nitrogens with zero attached hydrogens (tertiary/aromatic N) is 2. The van der Waals surface area contributed by atoms with Gasteiger partial charge < -0.3 is 10.2 Å². The van der Waals surface area contributed by atoms with Crippen LogP contribution >= 0.6 is 0 Å². The minimum atomic E-state index is -0.0349. The van der Waals surface area contributed by atoms with Crippen LogP contribution in [-0.2, 0) is 4.79 Å². The Morgan fingerprint density at radius 3 is 2.61 bits per heavy atom. The number of hydrogen-bond donors (Lipinski definition) is 1. The molecule has 23 heavy (non-hydrogen) atoms. The van der Waals surface area contributed by atoms with Crippen molar-refractivity contribution in [3.8, 4) is 0 Å². The minimum absolute atomic E-state index is 0.0119. The summed E-state index contributed by atoms with van der Waals surface area (Å²) in [7, 11) is 3.61. The van der Waals surface area contributed by atoms with Gasteiger partial charge in [0.2, 0.25) is 5.91 Å². The fraction of sp³-hybridized carbons (Fsp3) is 0.556. The van der Waals surface area contributed by atoms with Crippen molar-refractivity contribution < 1.29 is 9.59 Å². The third-order valence-corrected chi connectivity index (χ3v) is 4.31. The molecule has 1 aliphatic heterocycles. The smallest absolute Gasteiger partial charge is 0.251 e. The number of aryl methyl sites for hydroxylation is 1. The summed E-state index contributed by atoms with van der Waals surface area (Å²) in [6.07, 6.45) is 2.86. The molecule has 1 heterocycles. The molecule has 0 radical (unpaired) electrons. The molecule has 1 N–H and O–H groups in total. The molecule has 1 aromatic carbocycles. The monoisotopic (exact) mass is 317 g/mol. The maximum absolute atomic E-state index is 12.1. The summed E-state index contributed by atoms with van der Waals surface area (Å²) < 4.78 is 0. The Morgan fingerprint density at radius 2 is 1.96 bits per heavy atom. The maximum atomic E-state index is 12.1. The van der Waals surface area contributed by atoms with E-state index in [0.29, 0.717) is 12.1 Å². The van der Waals surface area contributed by atoms with Crippen LogP contribution in [0.2, 0.25) is 0 Å². The molecule has 2 amide bonds. The van der Waals surface area contributed by atoms with Crippen molar-refractivity contribution in [3.63, 3.8) is 0 Å². The standard InChI is InChI=1S/C18H27N3O2/c1-14-7-9-15(10-8-14)17(22)19-11-5-13-21-12-4-6-16(21)18(23)20(2)3/h7-10,16H,4-6,11-13H2,1-3H3,(H,19,22)/t16-/m0/s1. The van der Waals surface area contributed by atoms with Crippen LogP contribution in [0.5, 0.6) is 0 Å². The first-order valence-electron chi connectivity index (χ1n) is 8.29. The quantitative estimate of drug-likeness (QED) is 0.812. The van der Waals surface area contributed by atoms with Gasteiger partial charge in [-0.2, -0.15) is 0 Å². The molecule has 0 aromatic heterocycles. The van der Waals surface area contributed by atoms with Crippen LogP contribution in [-0.4, -0.2) is 61.4 Å². The Kier molecular flexibility index (Phi) is 6.16. The van der Waals surface area contributed by atoms with E-state index in [1.54, 1.807) is 19.0 Å². The maximum Gasteiger partial charge on any atom is 0.251 e. The van der Waals surface area contributed by atoms with Crippen molar-refractivity contribution in [1.29, 1.82) is 0 Å². The molecule has 0 saturated carbocycles. The van der Waals surface area contributed by atoms with Gasteiger partial charge in [-0.1, -0.05) is 17.7 Å². The molecular formula is C18H27N3O2. The summed E-state index contributed by atoms with van der Waals surface area (Å²) in [5.41, 5.74) is 1.84. The molecule has 1 atom stereocenters. The van der Waals surface area contributed by atoms with Crippen LogP contribution in [0.3, 0.4) is 0 Å². The number of hydrogen-bond acceptors (Lipinski definition) is 3. The van der Waals surface area contributed by atoms with E-state index in [2.05, 4.69) is 10.2 Å². The summed E-state index contributed by atoms with van der Waals surface area (Å²) in [5.74, 6) is 0.151. The van der Waals surface area contributed by atoms with Gasteiger partial charge >= 0.3 is 0 Å². The second-order valence-electron chi connectivity index (χ2n) is 6.40. The Labute approximate surface area is 138 Å². The summed E-state index contributed by atoms with van der Waals surface area (Å²) in [6, 6.07) is 7.58. The minimum Gasteiger partial charge on any atom is -0.352 e. The number of carbonyl (C=O) groups excluding carboxylic acids is 2. The van der Waals surface area contributed by atoms with E-state index < -0.39 is 0 Å². The van der Waals surface area contributed by atoms with Crippen LogP contribution in [0.1, 0.15) is 35.2 Å². The first-order chi connectivity index (χ1) is 11.0. The van der Waals surface area contributed by atoms with Crippen LogP contribution < -0.4 is 5.32 Å². The molecular weight excluding hydrogens is 290 g/mol. The molecule has 2 rings (SSSR count). The predicted molar refractivity (Wildman–Crippen MR) is 91.4 cm³/mol. The summed E-state index contributed by atoms with van der Waals surface area (Å²) in [4.78, 5) is 28.1. The number of nitrogens with one attached hydrogen (secondary N) is 1. The van der Waals surface area contributed by atoms with Gasteiger partial charge in [-0.3, -0.25) is 14.5 Å². The second kappa shape index (κ2) is 8.11. The molecule has 0 bridgehead atoms. The fourth-order valence-corrected chi connectivity index (χ4v) is 2.96. The van der Waals surface area contributed by atoms with Crippen molar-refractivity contribution >= 4 is 11.8 Å². The normalized spacial score (nSPS) is 18.0. The van der Waals surface area contributed by atoms with Crippen LogP contribution in [0, 0.1) is 6.92 Å². The highest BCUT2D eigenvalue weighted by atomic mass is 16.2. The molecule has 1 fully saturated rings. The average Bonchev–Trinajstić information content (AvgIpc) is 2.99. The van der Waals surface area contributed by atoms with Crippen molar-refractivity contribution in [1.82, 2.24) is 15.1 Å². The van der Waals surface area contributed by atoms with Crippen LogP contribution in [0.25, 0.3) is 0 Å². The SMILES string of the molecule is Cc1ccc(C(=O)NCCCN2CCC[C@H]2C(=O)N(C)C)cc1. The van der Waals surface area contributed by atoms with Crippen LogP contribution in [0.15, 0.2) is 24.3 Å². The Hall–Kier alpha value is -1.88.